The standard InChI is InChI=1S/C18H36N6/c1-9-24(10-2)14(4)12-20-18(19-7)21-13(3)11-17-15(5)22-23(8)16(17)6/h13-14H,9-12H2,1-8H3,(H2,19,20,21). The zero-order chi connectivity index (χ0) is 18.3. The lowest BCUT2D eigenvalue weighted by molar-refractivity contribution is 0.231. The third-order valence-electron chi connectivity index (χ3n) is 4.78. The van der Waals surface area contributed by atoms with Crippen LogP contribution in [0.1, 0.15) is 44.6 Å². The minimum atomic E-state index is 0.293. The minimum absolute atomic E-state index is 0.293. The highest BCUT2D eigenvalue weighted by atomic mass is 15.3. The molecule has 0 radical (unpaired) electrons. The molecule has 0 aliphatic carbocycles. The monoisotopic (exact) mass is 336 g/mol. The van der Waals surface area contributed by atoms with Gasteiger partial charge in [0.2, 0.25) is 0 Å². The number of nitrogens with zero attached hydrogens (tertiary/aromatic N) is 4. The van der Waals surface area contributed by atoms with Crippen LogP contribution in [0.5, 0.6) is 0 Å². The fourth-order valence-electron chi connectivity index (χ4n) is 3.12. The molecule has 0 saturated carbocycles. The molecular weight excluding hydrogens is 300 g/mol. The van der Waals surface area contributed by atoms with E-state index in [1.807, 2.05) is 18.8 Å². The SMILES string of the molecule is CCN(CC)C(C)CNC(=NC)NC(C)Cc1c(C)nn(C)c1C. The minimum Gasteiger partial charge on any atom is -0.355 e. The summed E-state index contributed by atoms with van der Waals surface area (Å²) in [6, 6.07) is 0.776. The molecule has 0 bridgehead atoms. The number of aliphatic imine (C=N–C) groups is 1. The molecule has 0 spiro atoms. The molecule has 0 saturated heterocycles. The van der Waals surface area contributed by atoms with E-state index in [-0.39, 0.29) is 0 Å². The maximum Gasteiger partial charge on any atom is 0.191 e. The largest absolute Gasteiger partial charge is 0.355 e. The third kappa shape index (κ3) is 5.51. The van der Waals surface area contributed by atoms with Crippen LogP contribution in [-0.2, 0) is 13.5 Å². The van der Waals surface area contributed by atoms with Gasteiger partial charge in [-0.05, 0) is 52.8 Å². The van der Waals surface area contributed by atoms with E-state index in [4.69, 9.17) is 0 Å². The van der Waals surface area contributed by atoms with Crippen molar-refractivity contribution in [2.75, 3.05) is 26.7 Å². The first-order valence-corrected chi connectivity index (χ1v) is 9.04. The summed E-state index contributed by atoms with van der Waals surface area (Å²) >= 11 is 0. The highest BCUT2D eigenvalue weighted by Crippen LogP contribution is 2.14. The Morgan fingerprint density at radius 1 is 1.25 bits per heavy atom. The van der Waals surface area contributed by atoms with Crippen molar-refractivity contribution < 1.29 is 0 Å². The van der Waals surface area contributed by atoms with Crippen LogP contribution in [0.2, 0.25) is 0 Å². The summed E-state index contributed by atoms with van der Waals surface area (Å²) in [5.74, 6) is 0.862. The van der Waals surface area contributed by atoms with E-state index >= 15 is 0 Å². The lowest BCUT2D eigenvalue weighted by Crippen LogP contribution is -2.48. The van der Waals surface area contributed by atoms with Crippen molar-refractivity contribution in [1.29, 1.82) is 0 Å². The van der Waals surface area contributed by atoms with E-state index in [0.29, 0.717) is 12.1 Å². The Bertz CT molecular complexity index is 530. The number of guanidine groups is 1. The fraction of sp³-hybridized carbons (Fsp3) is 0.778. The molecular formula is C18H36N6. The van der Waals surface area contributed by atoms with Gasteiger partial charge >= 0.3 is 0 Å². The molecule has 24 heavy (non-hydrogen) atoms. The van der Waals surface area contributed by atoms with Crippen LogP contribution in [0.15, 0.2) is 4.99 Å². The lowest BCUT2D eigenvalue weighted by atomic mass is 10.1. The summed E-state index contributed by atoms with van der Waals surface area (Å²) in [4.78, 5) is 6.79. The van der Waals surface area contributed by atoms with Gasteiger partial charge in [0.25, 0.3) is 0 Å². The molecule has 0 amide bonds. The van der Waals surface area contributed by atoms with Crippen LogP contribution in [0, 0.1) is 13.8 Å². The van der Waals surface area contributed by atoms with E-state index in [2.05, 4.69) is 67.2 Å². The number of rotatable bonds is 8. The molecule has 0 aliphatic rings. The van der Waals surface area contributed by atoms with Gasteiger partial charge in [0, 0.05) is 38.4 Å². The molecule has 1 aromatic rings. The summed E-state index contributed by atoms with van der Waals surface area (Å²) in [6.07, 6.45) is 0.942. The van der Waals surface area contributed by atoms with Crippen molar-refractivity contribution in [2.45, 2.75) is 60.0 Å². The van der Waals surface area contributed by atoms with E-state index in [1.54, 1.807) is 0 Å². The first-order valence-electron chi connectivity index (χ1n) is 9.04. The van der Waals surface area contributed by atoms with Crippen molar-refractivity contribution in [3.05, 3.63) is 17.0 Å². The zero-order valence-corrected chi connectivity index (χ0v) is 16.8. The van der Waals surface area contributed by atoms with Crippen molar-refractivity contribution in [3.63, 3.8) is 0 Å². The molecule has 0 fully saturated rings. The molecule has 2 atom stereocenters. The van der Waals surface area contributed by atoms with E-state index < -0.39 is 0 Å². The van der Waals surface area contributed by atoms with Crippen molar-refractivity contribution in [2.24, 2.45) is 12.0 Å². The Kier molecular flexibility index (Phi) is 8.25. The van der Waals surface area contributed by atoms with Crippen LogP contribution in [0.4, 0.5) is 0 Å². The molecule has 1 aromatic heterocycles. The molecule has 0 aliphatic heterocycles. The van der Waals surface area contributed by atoms with Crippen molar-refractivity contribution in [3.8, 4) is 0 Å². The molecule has 2 unspecified atom stereocenters. The molecule has 2 N–H and O–H groups in total. The van der Waals surface area contributed by atoms with Gasteiger partial charge in [0.1, 0.15) is 0 Å². The van der Waals surface area contributed by atoms with Gasteiger partial charge in [-0.2, -0.15) is 5.10 Å². The third-order valence-corrected chi connectivity index (χ3v) is 4.78. The predicted molar refractivity (Wildman–Crippen MR) is 103 cm³/mol. The first kappa shape index (κ1) is 20.5. The van der Waals surface area contributed by atoms with Gasteiger partial charge in [-0.1, -0.05) is 13.8 Å². The zero-order valence-electron chi connectivity index (χ0n) is 16.8. The maximum absolute atomic E-state index is 4.50. The molecule has 6 nitrogen and oxygen atoms in total. The smallest absolute Gasteiger partial charge is 0.191 e. The van der Waals surface area contributed by atoms with Gasteiger partial charge in [0.15, 0.2) is 5.96 Å². The van der Waals surface area contributed by atoms with Gasteiger partial charge in [0.05, 0.1) is 5.69 Å². The molecule has 0 aromatic carbocycles. The van der Waals surface area contributed by atoms with Crippen LogP contribution < -0.4 is 10.6 Å². The highest BCUT2D eigenvalue weighted by Gasteiger charge is 2.15. The summed E-state index contributed by atoms with van der Waals surface area (Å²) in [7, 11) is 3.82. The second kappa shape index (κ2) is 9.67. The average Bonchev–Trinajstić information content (AvgIpc) is 2.78. The van der Waals surface area contributed by atoms with Gasteiger partial charge in [-0.15, -0.1) is 0 Å². The Morgan fingerprint density at radius 3 is 2.33 bits per heavy atom. The number of likely N-dealkylation sites (N-methyl/N-ethyl adjacent to an activating group) is 1. The number of aromatic nitrogens is 2. The van der Waals surface area contributed by atoms with Gasteiger partial charge in [-0.25, -0.2) is 0 Å². The van der Waals surface area contributed by atoms with Crippen molar-refractivity contribution >= 4 is 5.96 Å². The Morgan fingerprint density at radius 2 is 1.88 bits per heavy atom. The normalized spacial score (nSPS) is 14.8. The summed E-state index contributed by atoms with van der Waals surface area (Å²) in [6.45, 7) is 16.1. The summed E-state index contributed by atoms with van der Waals surface area (Å²) < 4.78 is 1.95. The van der Waals surface area contributed by atoms with E-state index in [0.717, 1.165) is 37.7 Å². The van der Waals surface area contributed by atoms with Gasteiger partial charge < -0.3 is 10.6 Å². The van der Waals surface area contributed by atoms with E-state index in [1.165, 1.54) is 11.3 Å². The summed E-state index contributed by atoms with van der Waals surface area (Å²) in [5.41, 5.74) is 3.67. The lowest BCUT2D eigenvalue weighted by Gasteiger charge is -2.27. The summed E-state index contributed by atoms with van der Waals surface area (Å²) in [5, 5.41) is 11.4. The Balaban J connectivity index is 2.56. The maximum atomic E-state index is 4.50. The van der Waals surface area contributed by atoms with Crippen molar-refractivity contribution in [1.82, 2.24) is 25.3 Å². The Labute approximate surface area is 147 Å². The van der Waals surface area contributed by atoms with Gasteiger partial charge in [-0.3, -0.25) is 14.6 Å². The Hall–Kier alpha value is -1.56. The number of hydrogen-bond donors (Lipinski definition) is 2. The van der Waals surface area contributed by atoms with Crippen LogP contribution in [0.25, 0.3) is 0 Å². The predicted octanol–water partition coefficient (Wildman–Crippen LogP) is 1.86. The molecule has 138 valence electrons. The fourth-order valence-corrected chi connectivity index (χ4v) is 3.12. The van der Waals surface area contributed by atoms with Crippen LogP contribution in [0.3, 0.4) is 0 Å². The van der Waals surface area contributed by atoms with E-state index in [9.17, 15) is 0 Å². The highest BCUT2D eigenvalue weighted by molar-refractivity contribution is 5.80. The van der Waals surface area contributed by atoms with Crippen LogP contribution >= 0.6 is 0 Å². The number of hydrogen-bond acceptors (Lipinski definition) is 3. The molecule has 6 heteroatoms. The second-order valence-corrected chi connectivity index (χ2v) is 6.55. The van der Waals surface area contributed by atoms with Crippen LogP contribution in [-0.4, -0.2) is 59.4 Å². The molecule has 1 heterocycles. The second-order valence-electron chi connectivity index (χ2n) is 6.55. The number of nitrogens with one attached hydrogen (secondary N) is 2. The first-order chi connectivity index (χ1) is 11.3. The quantitative estimate of drug-likeness (QED) is 0.562. The topological polar surface area (TPSA) is 57.5 Å². The number of aryl methyl sites for hydroxylation is 2. The molecule has 1 rings (SSSR count). The average molecular weight is 337 g/mol.